The van der Waals surface area contributed by atoms with E-state index in [-0.39, 0.29) is 6.10 Å². The Morgan fingerprint density at radius 3 is 3.05 bits per heavy atom. The maximum absolute atomic E-state index is 5.52. The smallest absolute Gasteiger partial charge is 0.187 e. The van der Waals surface area contributed by atoms with Gasteiger partial charge in [0, 0.05) is 13.2 Å². The van der Waals surface area contributed by atoms with Crippen molar-refractivity contribution in [2.24, 2.45) is 5.10 Å². The maximum atomic E-state index is 5.52. The first-order chi connectivity index (χ1) is 9.65. The largest absolute Gasteiger partial charge is 0.376 e. The Hall–Kier alpha value is -1.46. The lowest BCUT2D eigenvalue weighted by molar-refractivity contribution is 0.114. The molecule has 2 rings (SSSR count). The number of benzene rings is 1. The van der Waals surface area contributed by atoms with Gasteiger partial charge < -0.3 is 10.1 Å². The molecule has 5 heteroatoms. The third-order valence-electron chi connectivity index (χ3n) is 3.31. The van der Waals surface area contributed by atoms with Crippen LogP contribution in [-0.4, -0.2) is 30.6 Å². The molecule has 1 fully saturated rings. The number of nitrogens with one attached hydrogen (secondary N) is 2. The number of hydrazone groups is 1. The monoisotopic (exact) mass is 291 g/mol. The molecule has 1 unspecified atom stereocenters. The molecule has 0 bridgehead atoms. The van der Waals surface area contributed by atoms with Gasteiger partial charge in [-0.05, 0) is 50.0 Å². The standard InChI is InChI=1S/C15H21N3OS/c1-11-5-6-13(12(2)8-11)9-17-18-15(20)16-10-14-4-3-7-19-14/h5-6,8-9,14H,3-4,7,10H2,1-2H3,(H2,16,18,20). The normalized spacial score (nSPS) is 18.4. The van der Waals surface area contributed by atoms with E-state index >= 15 is 0 Å². The fourth-order valence-electron chi connectivity index (χ4n) is 2.18. The average molecular weight is 291 g/mol. The van der Waals surface area contributed by atoms with E-state index in [2.05, 4.69) is 47.9 Å². The van der Waals surface area contributed by atoms with Crippen LogP contribution in [0.5, 0.6) is 0 Å². The molecule has 1 atom stereocenters. The van der Waals surface area contributed by atoms with Gasteiger partial charge in [0.2, 0.25) is 0 Å². The molecule has 1 aromatic rings. The van der Waals surface area contributed by atoms with E-state index in [0.29, 0.717) is 5.11 Å². The summed E-state index contributed by atoms with van der Waals surface area (Å²) in [5.41, 5.74) is 6.37. The minimum atomic E-state index is 0.276. The minimum absolute atomic E-state index is 0.276. The second kappa shape index (κ2) is 7.36. The molecule has 0 spiro atoms. The van der Waals surface area contributed by atoms with Crippen LogP contribution in [0.3, 0.4) is 0 Å². The second-order valence-electron chi connectivity index (χ2n) is 5.08. The number of rotatable bonds is 4. The van der Waals surface area contributed by atoms with Crippen LogP contribution in [0.4, 0.5) is 0 Å². The molecule has 0 radical (unpaired) electrons. The van der Waals surface area contributed by atoms with Gasteiger partial charge in [0.15, 0.2) is 5.11 Å². The van der Waals surface area contributed by atoms with Gasteiger partial charge in [-0.1, -0.05) is 23.8 Å². The van der Waals surface area contributed by atoms with Gasteiger partial charge >= 0.3 is 0 Å². The van der Waals surface area contributed by atoms with Crippen molar-refractivity contribution in [1.29, 1.82) is 0 Å². The summed E-state index contributed by atoms with van der Waals surface area (Å²) in [5.74, 6) is 0. The number of nitrogens with zero attached hydrogens (tertiary/aromatic N) is 1. The average Bonchev–Trinajstić information content (AvgIpc) is 2.92. The number of thiocarbonyl (C=S) groups is 1. The van der Waals surface area contributed by atoms with Crippen LogP contribution < -0.4 is 10.7 Å². The second-order valence-corrected chi connectivity index (χ2v) is 5.48. The van der Waals surface area contributed by atoms with E-state index in [0.717, 1.165) is 31.6 Å². The number of hydrogen-bond acceptors (Lipinski definition) is 3. The molecule has 0 aliphatic carbocycles. The van der Waals surface area contributed by atoms with Crippen molar-refractivity contribution < 1.29 is 4.74 Å². The summed E-state index contributed by atoms with van der Waals surface area (Å²) in [7, 11) is 0. The topological polar surface area (TPSA) is 45.7 Å². The molecule has 1 aliphatic heterocycles. The minimum Gasteiger partial charge on any atom is -0.376 e. The lowest BCUT2D eigenvalue weighted by atomic mass is 10.1. The summed E-state index contributed by atoms with van der Waals surface area (Å²) in [6.07, 6.45) is 4.30. The van der Waals surface area contributed by atoms with Crippen molar-refractivity contribution in [3.05, 3.63) is 34.9 Å². The van der Waals surface area contributed by atoms with Crippen molar-refractivity contribution in [3.8, 4) is 0 Å². The van der Waals surface area contributed by atoms with Gasteiger partial charge in [-0.25, -0.2) is 0 Å². The highest BCUT2D eigenvalue weighted by molar-refractivity contribution is 7.80. The van der Waals surface area contributed by atoms with Gasteiger partial charge in [0.05, 0.1) is 12.3 Å². The fourth-order valence-corrected chi connectivity index (χ4v) is 2.32. The highest BCUT2D eigenvalue weighted by Gasteiger charge is 2.14. The quantitative estimate of drug-likeness (QED) is 0.507. The highest BCUT2D eigenvalue weighted by atomic mass is 32.1. The van der Waals surface area contributed by atoms with Crippen molar-refractivity contribution in [2.45, 2.75) is 32.8 Å². The van der Waals surface area contributed by atoms with Crippen LogP contribution in [0, 0.1) is 13.8 Å². The van der Waals surface area contributed by atoms with E-state index in [1.807, 2.05) is 0 Å². The molecule has 2 N–H and O–H groups in total. The summed E-state index contributed by atoms with van der Waals surface area (Å²) < 4.78 is 5.52. The Balaban J connectivity index is 1.75. The highest BCUT2D eigenvalue weighted by Crippen LogP contribution is 2.10. The third-order valence-corrected chi connectivity index (χ3v) is 3.54. The molecular formula is C15H21N3OS. The third kappa shape index (κ3) is 4.58. The SMILES string of the molecule is Cc1ccc(C=NNC(=S)NCC2CCCO2)c(C)c1. The predicted octanol–water partition coefficient (Wildman–Crippen LogP) is 2.28. The molecule has 1 aromatic carbocycles. The first kappa shape index (κ1) is 14.9. The zero-order valence-electron chi connectivity index (χ0n) is 12.0. The summed E-state index contributed by atoms with van der Waals surface area (Å²) >= 11 is 5.17. The van der Waals surface area contributed by atoms with E-state index in [1.54, 1.807) is 6.21 Å². The van der Waals surface area contributed by atoms with Crippen molar-refractivity contribution in [3.63, 3.8) is 0 Å². The maximum Gasteiger partial charge on any atom is 0.187 e. The van der Waals surface area contributed by atoms with Crippen molar-refractivity contribution in [1.82, 2.24) is 10.7 Å². The summed E-state index contributed by atoms with van der Waals surface area (Å²) in [4.78, 5) is 0. The van der Waals surface area contributed by atoms with E-state index in [1.165, 1.54) is 11.1 Å². The molecule has 1 heterocycles. The molecular weight excluding hydrogens is 270 g/mol. The van der Waals surface area contributed by atoms with Gasteiger partial charge in [-0.3, -0.25) is 5.43 Å². The van der Waals surface area contributed by atoms with Gasteiger partial charge in [0.25, 0.3) is 0 Å². The summed E-state index contributed by atoms with van der Waals surface area (Å²) in [5, 5.41) is 7.80. The zero-order valence-corrected chi connectivity index (χ0v) is 12.8. The first-order valence-electron chi connectivity index (χ1n) is 6.91. The fraction of sp³-hybridized carbons (Fsp3) is 0.467. The number of ether oxygens (including phenoxy) is 1. The summed E-state index contributed by atoms with van der Waals surface area (Å²) in [6.45, 7) is 5.75. The Bertz CT molecular complexity index is 496. The Kier molecular flexibility index (Phi) is 5.49. The molecule has 1 aliphatic rings. The van der Waals surface area contributed by atoms with Gasteiger partial charge in [0.1, 0.15) is 0 Å². The van der Waals surface area contributed by atoms with Crippen LogP contribution in [0.15, 0.2) is 23.3 Å². The lowest BCUT2D eigenvalue weighted by Crippen LogP contribution is -2.37. The van der Waals surface area contributed by atoms with E-state index in [9.17, 15) is 0 Å². The number of aryl methyl sites for hydroxylation is 2. The van der Waals surface area contributed by atoms with Crippen LogP contribution >= 0.6 is 12.2 Å². The molecule has 0 saturated carbocycles. The summed E-state index contributed by atoms with van der Waals surface area (Å²) in [6, 6.07) is 6.26. The van der Waals surface area contributed by atoms with Gasteiger partial charge in [-0.15, -0.1) is 0 Å². The van der Waals surface area contributed by atoms with Gasteiger partial charge in [-0.2, -0.15) is 5.10 Å². The van der Waals surface area contributed by atoms with E-state index < -0.39 is 0 Å². The van der Waals surface area contributed by atoms with Crippen molar-refractivity contribution >= 4 is 23.5 Å². The Labute approximate surface area is 125 Å². The Morgan fingerprint density at radius 1 is 1.50 bits per heavy atom. The number of hydrogen-bond donors (Lipinski definition) is 2. The molecule has 20 heavy (non-hydrogen) atoms. The molecule has 1 saturated heterocycles. The molecule has 0 amide bonds. The van der Waals surface area contributed by atoms with Crippen LogP contribution in [0.25, 0.3) is 0 Å². The van der Waals surface area contributed by atoms with Crippen LogP contribution in [0.1, 0.15) is 29.5 Å². The Morgan fingerprint density at radius 2 is 2.35 bits per heavy atom. The van der Waals surface area contributed by atoms with E-state index in [4.69, 9.17) is 17.0 Å². The molecule has 108 valence electrons. The zero-order chi connectivity index (χ0) is 14.4. The van der Waals surface area contributed by atoms with Crippen LogP contribution in [0.2, 0.25) is 0 Å². The van der Waals surface area contributed by atoms with Crippen molar-refractivity contribution in [2.75, 3.05) is 13.2 Å². The molecule has 4 nitrogen and oxygen atoms in total. The lowest BCUT2D eigenvalue weighted by Gasteiger charge is -2.11. The van der Waals surface area contributed by atoms with Crippen LogP contribution in [-0.2, 0) is 4.74 Å². The molecule has 0 aromatic heterocycles. The predicted molar refractivity (Wildman–Crippen MR) is 86.2 cm³/mol. The first-order valence-corrected chi connectivity index (χ1v) is 7.32.